The van der Waals surface area contributed by atoms with Gasteiger partial charge < -0.3 is 9.88 Å². The molecule has 2 aromatic heterocycles. The smallest absolute Gasteiger partial charge is 0.160 e. The fraction of sp³-hybridized carbons (Fsp3) is 0.375. The molecule has 0 aliphatic heterocycles. The second-order valence-electron chi connectivity index (χ2n) is 6.21. The summed E-state index contributed by atoms with van der Waals surface area (Å²) in [7, 11) is 2.04. The maximum Gasteiger partial charge on any atom is 0.160 e. The molecule has 2 heterocycles. The molecule has 3 aromatic rings. The Kier molecular flexibility index (Phi) is 3.55. The molecule has 0 atom stereocenters. The van der Waals surface area contributed by atoms with Crippen LogP contribution in [0.15, 0.2) is 29.6 Å². The van der Waals surface area contributed by atoms with Crippen molar-refractivity contribution in [3.63, 3.8) is 0 Å². The first-order valence-corrected chi connectivity index (χ1v) is 7.93. The molecule has 0 unspecified atom stereocenters. The van der Waals surface area contributed by atoms with Gasteiger partial charge in [0.25, 0.3) is 0 Å². The van der Waals surface area contributed by atoms with Crippen LogP contribution in [0, 0.1) is 0 Å². The molecule has 0 fully saturated rings. The van der Waals surface area contributed by atoms with Crippen LogP contribution in [0.2, 0.25) is 0 Å². The van der Waals surface area contributed by atoms with E-state index in [2.05, 4.69) is 42.1 Å². The average Bonchev–Trinajstić information content (AvgIpc) is 3.01. The number of rotatable bonds is 3. The van der Waals surface area contributed by atoms with Crippen LogP contribution in [0.3, 0.4) is 0 Å². The second-order valence-corrected chi connectivity index (χ2v) is 7.16. The Morgan fingerprint density at radius 3 is 2.67 bits per heavy atom. The van der Waals surface area contributed by atoms with Crippen molar-refractivity contribution in [2.45, 2.75) is 32.9 Å². The molecule has 5 heteroatoms. The van der Waals surface area contributed by atoms with Gasteiger partial charge in [0.2, 0.25) is 0 Å². The highest BCUT2D eigenvalue weighted by molar-refractivity contribution is 7.09. The lowest BCUT2D eigenvalue weighted by molar-refractivity contribution is 0.424. The summed E-state index contributed by atoms with van der Waals surface area (Å²) in [6.45, 7) is 7.27. The molecule has 21 heavy (non-hydrogen) atoms. The van der Waals surface area contributed by atoms with Crippen molar-refractivity contribution in [3.05, 3.63) is 34.7 Å². The van der Waals surface area contributed by atoms with E-state index in [1.165, 1.54) is 0 Å². The molecule has 110 valence electrons. The molecule has 0 radical (unpaired) electrons. The molecular weight excluding hydrogens is 280 g/mol. The van der Waals surface area contributed by atoms with Gasteiger partial charge in [0.15, 0.2) is 5.82 Å². The van der Waals surface area contributed by atoms with Gasteiger partial charge in [-0.15, -0.1) is 11.3 Å². The molecular formula is C16H20N4S. The van der Waals surface area contributed by atoms with E-state index < -0.39 is 0 Å². The molecule has 0 aliphatic rings. The lowest BCUT2D eigenvalue weighted by Gasteiger charge is -2.19. The van der Waals surface area contributed by atoms with Gasteiger partial charge >= 0.3 is 0 Å². The minimum atomic E-state index is 0.101. The maximum absolute atomic E-state index is 4.71. The van der Waals surface area contributed by atoms with E-state index in [0.29, 0.717) is 0 Å². The molecule has 0 saturated carbocycles. The van der Waals surface area contributed by atoms with Crippen molar-refractivity contribution >= 4 is 22.4 Å². The zero-order chi connectivity index (χ0) is 15.0. The SMILES string of the molecule is Cn1c(-c2csc(CNC(C)(C)C)n2)nc2ccccc21. The summed E-state index contributed by atoms with van der Waals surface area (Å²) in [5.74, 6) is 0.925. The van der Waals surface area contributed by atoms with E-state index >= 15 is 0 Å². The van der Waals surface area contributed by atoms with E-state index in [9.17, 15) is 0 Å². The van der Waals surface area contributed by atoms with E-state index in [1.54, 1.807) is 11.3 Å². The van der Waals surface area contributed by atoms with Crippen molar-refractivity contribution in [2.75, 3.05) is 0 Å². The lowest BCUT2D eigenvalue weighted by atomic mass is 10.1. The Morgan fingerprint density at radius 1 is 1.19 bits per heavy atom. The Hall–Kier alpha value is -1.72. The Bertz CT molecular complexity index is 764. The third-order valence-corrected chi connectivity index (χ3v) is 4.19. The van der Waals surface area contributed by atoms with Crippen LogP contribution in [0.4, 0.5) is 0 Å². The van der Waals surface area contributed by atoms with E-state index in [-0.39, 0.29) is 5.54 Å². The van der Waals surface area contributed by atoms with E-state index in [0.717, 1.165) is 34.1 Å². The maximum atomic E-state index is 4.71. The number of hydrogen-bond acceptors (Lipinski definition) is 4. The van der Waals surface area contributed by atoms with Gasteiger partial charge in [-0.1, -0.05) is 12.1 Å². The zero-order valence-electron chi connectivity index (χ0n) is 12.8. The molecule has 0 aliphatic carbocycles. The predicted molar refractivity (Wildman–Crippen MR) is 88.4 cm³/mol. The van der Waals surface area contributed by atoms with E-state index in [4.69, 9.17) is 9.97 Å². The van der Waals surface area contributed by atoms with Crippen molar-refractivity contribution in [3.8, 4) is 11.5 Å². The van der Waals surface area contributed by atoms with Gasteiger partial charge in [-0.2, -0.15) is 0 Å². The first-order valence-electron chi connectivity index (χ1n) is 7.05. The number of fused-ring (bicyclic) bond motifs is 1. The monoisotopic (exact) mass is 300 g/mol. The van der Waals surface area contributed by atoms with Crippen LogP contribution < -0.4 is 5.32 Å². The highest BCUT2D eigenvalue weighted by Gasteiger charge is 2.14. The van der Waals surface area contributed by atoms with Crippen molar-refractivity contribution in [2.24, 2.45) is 7.05 Å². The number of aromatic nitrogens is 3. The standard InChI is InChI=1S/C16H20N4S/c1-16(2,3)17-9-14-18-12(10-21-14)15-19-11-7-5-6-8-13(11)20(15)4/h5-8,10,17H,9H2,1-4H3. The van der Waals surface area contributed by atoms with Gasteiger partial charge in [-0.05, 0) is 32.9 Å². The van der Waals surface area contributed by atoms with Crippen molar-refractivity contribution in [1.82, 2.24) is 19.9 Å². The third-order valence-electron chi connectivity index (χ3n) is 3.34. The average molecular weight is 300 g/mol. The Balaban J connectivity index is 1.89. The number of nitrogens with one attached hydrogen (secondary N) is 1. The zero-order valence-corrected chi connectivity index (χ0v) is 13.7. The van der Waals surface area contributed by atoms with Crippen LogP contribution in [0.5, 0.6) is 0 Å². The second kappa shape index (κ2) is 5.24. The number of benzene rings is 1. The summed E-state index contributed by atoms with van der Waals surface area (Å²) >= 11 is 1.68. The number of thiazole rings is 1. The van der Waals surface area contributed by atoms with Gasteiger partial charge in [0.1, 0.15) is 10.7 Å². The molecule has 0 spiro atoms. The van der Waals surface area contributed by atoms with Crippen molar-refractivity contribution < 1.29 is 0 Å². The third kappa shape index (κ3) is 2.99. The Labute approximate surface area is 128 Å². The minimum Gasteiger partial charge on any atom is -0.326 e. The number of para-hydroxylation sites is 2. The number of imidazole rings is 1. The summed E-state index contributed by atoms with van der Waals surface area (Å²) in [6, 6.07) is 8.17. The lowest BCUT2D eigenvalue weighted by Crippen LogP contribution is -2.35. The van der Waals surface area contributed by atoms with Crippen LogP contribution in [0.25, 0.3) is 22.6 Å². The Morgan fingerprint density at radius 2 is 1.95 bits per heavy atom. The predicted octanol–water partition coefficient (Wildman–Crippen LogP) is 3.58. The fourth-order valence-electron chi connectivity index (χ4n) is 2.21. The van der Waals surface area contributed by atoms with Gasteiger partial charge in [-0.3, -0.25) is 0 Å². The van der Waals surface area contributed by atoms with Crippen molar-refractivity contribution in [1.29, 1.82) is 0 Å². The van der Waals surface area contributed by atoms with Crippen LogP contribution in [-0.4, -0.2) is 20.1 Å². The van der Waals surface area contributed by atoms with Crippen LogP contribution in [-0.2, 0) is 13.6 Å². The molecule has 3 rings (SSSR count). The molecule has 1 N–H and O–H groups in total. The summed E-state index contributed by atoms with van der Waals surface area (Å²) < 4.78 is 2.10. The molecule has 0 bridgehead atoms. The molecule has 0 saturated heterocycles. The number of aryl methyl sites for hydroxylation is 1. The summed E-state index contributed by atoms with van der Waals surface area (Å²) in [5.41, 5.74) is 3.20. The topological polar surface area (TPSA) is 42.7 Å². The largest absolute Gasteiger partial charge is 0.326 e. The number of hydrogen-bond donors (Lipinski definition) is 1. The number of nitrogens with zero attached hydrogens (tertiary/aromatic N) is 3. The summed E-state index contributed by atoms with van der Waals surface area (Å²) in [5, 5.41) is 6.64. The first-order chi connectivity index (χ1) is 9.94. The highest BCUT2D eigenvalue weighted by Crippen LogP contribution is 2.25. The van der Waals surface area contributed by atoms with Gasteiger partial charge in [0, 0.05) is 24.5 Å². The molecule has 1 aromatic carbocycles. The normalized spacial score (nSPS) is 12.2. The van der Waals surface area contributed by atoms with Crippen LogP contribution >= 0.6 is 11.3 Å². The molecule has 4 nitrogen and oxygen atoms in total. The quantitative estimate of drug-likeness (QED) is 0.804. The fourth-order valence-corrected chi connectivity index (χ4v) is 2.92. The van der Waals surface area contributed by atoms with Gasteiger partial charge in [-0.25, -0.2) is 9.97 Å². The highest BCUT2D eigenvalue weighted by atomic mass is 32.1. The summed E-state index contributed by atoms with van der Waals surface area (Å²) in [4.78, 5) is 9.40. The van der Waals surface area contributed by atoms with Gasteiger partial charge in [0.05, 0.1) is 11.0 Å². The molecule has 0 amide bonds. The van der Waals surface area contributed by atoms with Crippen LogP contribution in [0.1, 0.15) is 25.8 Å². The summed E-state index contributed by atoms with van der Waals surface area (Å²) in [6.07, 6.45) is 0. The first kappa shape index (κ1) is 14.2. The minimum absolute atomic E-state index is 0.101. The van der Waals surface area contributed by atoms with E-state index in [1.807, 2.05) is 25.2 Å².